The molecule has 0 spiro atoms. The van der Waals surface area contributed by atoms with Crippen LogP contribution in [0.25, 0.3) is 0 Å². The van der Waals surface area contributed by atoms with Crippen molar-refractivity contribution < 1.29 is 14.6 Å². The summed E-state index contributed by atoms with van der Waals surface area (Å²) in [6, 6.07) is 5.22. The molecule has 1 amide bonds. The van der Waals surface area contributed by atoms with Crippen molar-refractivity contribution in [1.82, 2.24) is 0 Å². The number of aliphatic hydroxyl groups is 1. The van der Waals surface area contributed by atoms with Crippen LogP contribution < -0.4 is 9.64 Å². The molecule has 0 unspecified atom stereocenters. The third kappa shape index (κ3) is 1.93. The number of hydrogen-bond donors (Lipinski definition) is 1. The van der Waals surface area contributed by atoms with Gasteiger partial charge in [0, 0.05) is 0 Å². The topological polar surface area (TPSA) is 49.8 Å². The summed E-state index contributed by atoms with van der Waals surface area (Å²) in [5.41, 5.74) is 0.437. The smallest absolute Gasteiger partial charge is 0.271 e. The van der Waals surface area contributed by atoms with Gasteiger partial charge < -0.3 is 9.84 Å². The lowest BCUT2D eigenvalue weighted by Crippen LogP contribution is -2.52. The van der Waals surface area contributed by atoms with Gasteiger partial charge >= 0.3 is 0 Å². The third-order valence-corrected chi connectivity index (χ3v) is 2.87. The van der Waals surface area contributed by atoms with E-state index in [0.29, 0.717) is 11.4 Å². The Bertz CT molecular complexity index is 528. The van der Waals surface area contributed by atoms with Gasteiger partial charge in [0.1, 0.15) is 5.75 Å². The lowest BCUT2D eigenvalue weighted by Gasteiger charge is -2.38. The number of anilines is 1. The number of hydrogen-bond acceptors (Lipinski definition) is 3. The summed E-state index contributed by atoms with van der Waals surface area (Å²) in [6.45, 7) is 3.54. The summed E-state index contributed by atoms with van der Waals surface area (Å²) >= 11 is 0. The maximum absolute atomic E-state index is 12.2. The van der Waals surface area contributed by atoms with Crippen LogP contribution in [0.3, 0.4) is 0 Å². The van der Waals surface area contributed by atoms with E-state index in [9.17, 15) is 4.79 Å². The molecule has 1 heterocycles. The van der Waals surface area contributed by atoms with E-state index in [-0.39, 0.29) is 19.1 Å². The van der Waals surface area contributed by atoms with Crippen LogP contribution in [0.5, 0.6) is 5.75 Å². The molecule has 4 nitrogen and oxygen atoms in total. The molecule has 0 aliphatic carbocycles. The van der Waals surface area contributed by atoms with E-state index in [1.165, 1.54) is 4.90 Å². The Morgan fingerprint density at radius 1 is 1.50 bits per heavy atom. The fraction of sp³-hybridized carbons (Fsp3) is 0.357. The second-order valence-electron chi connectivity index (χ2n) is 4.67. The van der Waals surface area contributed by atoms with Crippen molar-refractivity contribution in [2.75, 3.05) is 11.4 Å². The van der Waals surface area contributed by atoms with Crippen LogP contribution in [-0.2, 0) is 11.4 Å². The molecular weight excluding hydrogens is 230 g/mol. The number of rotatable bonds is 2. The summed E-state index contributed by atoms with van der Waals surface area (Å²) < 4.78 is 5.68. The number of amides is 1. The van der Waals surface area contributed by atoms with Gasteiger partial charge in [0.25, 0.3) is 5.91 Å². The Balaban J connectivity index is 2.52. The van der Waals surface area contributed by atoms with Crippen LogP contribution in [-0.4, -0.2) is 23.2 Å². The highest BCUT2D eigenvalue weighted by atomic mass is 16.5. The van der Waals surface area contributed by atoms with Crippen molar-refractivity contribution in [2.45, 2.75) is 26.1 Å². The van der Waals surface area contributed by atoms with E-state index < -0.39 is 5.60 Å². The largest absolute Gasteiger partial charge is 0.476 e. The summed E-state index contributed by atoms with van der Waals surface area (Å²) in [5.74, 6) is 2.88. The molecule has 0 saturated heterocycles. The van der Waals surface area contributed by atoms with E-state index in [4.69, 9.17) is 16.3 Å². The number of carbonyl (C=O) groups is 1. The Labute approximate surface area is 106 Å². The molecule has 18 heavy (non-hydrogen) atoms. The molecule has 0 radical (unpaired) electrons. The predicted octanol–water partition coefficient (Wildman–Crippen LogP) is 1.32. The summed E-state index contributed by atoms with van der Waals surface area (Å²) in [4.78, 5) is 13.7. The fourth-order valence-electron chi connectivity index (χ4n) is 1.96. The first kappa shape index (κ1) is 12.5. The minimum absolute atomic E-state index is 0.0693. The number of benzene rings is 1. The molecule has 0 fully saturated rings. The Kier molecular flexibility index (Phi) is 3.02. The molecule has 1 aromatic carbocycles. The van der Waals surface area contributed by atoms with Gasteiger partial charge in [0.05, 0.1) is 18.8 Å². The Hall–Kier alpha value is -1.99. The highest BCUT2D eigenvalue weighted by molar-refractivity contribution is 6.02. The van der Waals surface area contributed by atoms with Crippen molar-refractivity contribution in [2.24, 2.45) is 0 Å². The first-order valence-corrected chi connectivity index (χ1v) is 5.68. The van der Waals surface area contributed by atoms with Gasteiger partial charge in [-0.15, -0.1) is 6.42 Å². The van der Waals surface area contributed by atoms with Crippen molar-refractivity contribution in [3.8, 4) is 18.1 Å². The molecule has 94 valence electrons. The lowest BCUT2D eigenvalue weighted by atomic mass is 10.0. The molecule has 2 rings (SSSR count). The van der Waals surface area contributed by atoms with Crippen molar-refractivity contribution >= 4 is 11.6 Å². The molecule has 0 saturated carbocycles. The maximum atomic E-state index is 12.2. The van der Waals surface area contributed by atoms with Crippen molar-refractivity contribution in [1.29, 1.82) is 0 Å². The van der Waals surface area contributed by atoms with Crippen LogP contribution in [0, 0.1) is 12.3 Å². The normalized spacial score (nSPS) is 16.8. The predicted molar refractivity (Wildman–Crippen MR) is 68.3 cm³/mol. The van der Waals surface area contributed by atoms with Crippen LogP contribution in [0.2, 0.25) is 0 Å². The number of terminal acetylenes is 1. The van der Waals surface area contributed by atoms with Gasteiger partial charge in [-0.3, -0.25) is 9.69 Å². The van der Waals surface area contributed by atoms with Gasteiger partial charge in [-0.1, -0.05) is 12.0 Å². The SMILES string of the molecule is C#CCN1C(=O)C(C)(C)Oc2cc(CO)ccc21. The van der Waals surface area contributed by atoms with E-state index in [1.54, 1.807) is 32.0 Å². The molecule has 0 atom stereocenters. The minimum Gasteiger partial charge on any atom is -0.476 e. The van der Waals surface area contributed by atoms with E-state index in [2.05, 4.69) is 5.92 Å². The average Bonchev–Trinajstić information content (AvgIpc) is 2.34. The molecule has 4 heteroatoms. The van der Waals surface area contributed by atoms with E-state index >= 15 is 0 Å². The lowest BCUT2D eigenvalue weighted by molar-refractivity contribution is -0.132. The van der Waals surface area contributed by atoms with Gasteiger partial charge in [-0.2, -0.15) is 0 Å². The first-order chi connectivity index (χ1) is 8.49. The summed E-state index contributed by atoms with van der Waals surface area (Å²) in [6.07, 6.45) is 5.30. The highest BCUT2D eigenvalue weighted by Crippen LogP contribution is 2.38. The number of nitrogens with zero attached hydrogens (tertiary/aromatic N) is 1. The van der Waals surface area contributed by atoms with Gasteiger partial charge in [0.15, 0.2) is 5.60 Å². The van der Waals surface area contributed by atoms with E-state index in [1.807, 2.05) is 0 Å². The van der Waals surface area contributed by atoms with Crippen molar-refractivity contribution in [3.63, 3.8) is 0 Å². The number of fused-ring (bicyclic) bond motifs is 1. The molecule has 1 N–H and O–H groups in total. The summed E-state index contributed by atoms with van der Waals surface area (Å²) in [7, 11) is 0. The Morgan fingerprint density at radius 2 is 2.22 bits per heavy atom. The standard InChI is InChI=1S/C14H15NO3/c1-4-7-15-11-6-5-10(9-16)8-12(11)18-14(2,3)13(15)17/h1,5-6,8,16H,7,9H2,2-3H3. The number of carbonyl (C=O) groups excluding carboxylic acids is 1. The van der Waals surface area contributed by atoms with Crippen LogP contribution >= 0.6 is 0 Å². The van der Waals surface area contributed by atoms with Crippen LogP contribution in [0.15, 0.2) is 18.2 Å². The average molecular weight is 245 g/mol. The van der Waals surface area contributed by atoms with E-state index in [0.717, 1.165) is 5.56 Å². The second kappa shape index (κ2) is 4.35. The Morgan fingerprint density at radius 3 is 2.83 bits per heavy atom. The third-order valence-electron chi connectivity index (χ3n) is 2.87. The van der Waals surface area contributed by atoms with Gasteiger partial charge in [-0.05, 0) is 31.5 Å². The fourth-order valence-corrected chi connectivity index (χ4v) is 1.96. The molecule has 0 aromatic heterocycles. The monoisotopic (exact) mass is 245 g/mol. The zero-order valence-electron chi connectivity index (χ0n) is 10.4. The zero-order valence-corrected chi connectivity index (χ0v) is 10.4. The second-order valence-corrected chi connectivity index (χ2v) is 4.67. The minimum atomic E-state index is -0.946. The van der Waals surface area contributed by atoms with Crippen molar-refractivity contribution in [3.05, 3.63) is 23.8 Å². The first-order valence-electron chi connectivity index (χ1n) is 5.68. The van der Waals surface area contributed by atoms with Gasteiger partial charge in [-0.25, -0.2) is 0 Å². The molecule has 0 bridgehead atoms. The quantitative estimate of drug-likeness (QED) is 0.799. The van der Waals surface area contributed by atoms with Crippen LogP contribution in [0.1, 0.15) is 19.4 Å². The van der Waals surface area contributed by atoms with Crippen LogP contribution in [0.4, 0.5) is 5.69 Å². The molecule has 1 aromatic rings. The molecule has 1 aliphatic heterocycles. The highest BCUT2D eigenvalue weighted by Gasteiger charge is 2.40. The molecule has 1 aliphatic rings. The number of ether oxygens (including phenoxy) is 1. The maximum Gasteiger partial charge on any atom is 0.271 e. The summed E-state index contributed by atoms with van der Waals surface area (Å²) in [5, 5.41) is 9.12. The van der Waals surface area contributed by atoms with Gasteiger partial charge in [0.2, 0.25) is 0 Å². The zero-order chi connectivity index (χ0) is 13.3. The molecular formula is C14H15NO3. The number of aliphatic hydroxyl groups excluding tert-OH is 1.